The summed E-state index contributed by atoms with van der Waals surface area (Å²) in [6, 6.07) is 0. The minimum absolute atomic E-state index is 0.132. The van der Waals surface area contributed by atoms with Gasteiger partial charge in [0.2, 0.25) is 0 Å². The molecule has 0 heterocycles. The zero-order valence-electron chi connectivity index (χ0n) is 11.1. The molecule has 2 nitrogen and oxygen atoms in total. The Hall–Kier alpha value is -0.600. The van der Waals surface area contributed by atoms with Crippen LogP contribution in [-0.2, 0) is 0 Å². The molecule has 2 rings (SSSR count). The Morgan fingerprint density at radius 1 is 1.47 bits per heavy atom. The van der Waals surface area contributed by atoms with Crippen LogP contribution < -0.4 is 0 Å². The molecule has 5 atom stereocenters. The minimum Gasteiger partial charge on any atom is -0.389 e. The highest BCUT2D eigenvalue weighted by atomic mass is 16.3. The summed E-state index contributed by atoms with van der Waals surface area (Å²) in [6.07, 6.45) is 4.20. The second kappa shape index (κ2) is 4.25. The van der Waals surface area contributed by atoms with Crippen molar-refractivity contribution in [3.05, 3.63) is 23.8 Å². The van der Waals surface area contributed by atoms with Crippen molar-refractivity contribution in [1.29, 1.82) is 0 Å². The van der Waals surface area contributed by atoms with E-state index in [1.54, 1.807) is 0 Å². The van der Waals surface area contributed by atoms with Gasteiger partial charge in [-0.05, 0) is 44.1 Å². The van der Waals surface area contributed by atoms with Crippen LogP contribution in [0, 0.1) is 17.8 Å². The van der Waals surface area contributed by atoms with Crippen molar-refractivity contribution < 1.29 is 10.2 Å². The van der Waals surface area contributed by atoms with Crippen molar-refractivity contribution in [3.8, 4) is 0 Å². The molecule has 0 aromatic heterocycles. The van der Waals surface area contributed by atoms with Gasteiger partial charge in [-0.15, -0.1) is 0 Å². The van der Waals surface area contributed by atoms with E-state index in [2.05, 4.69) is 26.5 Å². The quantitative estimate of drug-likeness (QED) is 0.687. The molecule has 2 aliphatic carbocycles. The molecular formula is C15H24O2. The molecule has 96 valence electrons. The zero-order valence-corrected chi connectivity index (χ0v) is 11.1. The predicted molar refractivity (Wildman–Crippen MR) is 69.5 cm³/mol. The van der Waals surface area contributed by atoms with E-state index >= 15 is 0 Å². The summed E-state index contributed by atoms with van der Waals surface area (Å²) in [6.45, 7) is 10.2. The van der Waals surface area contributed by atoms with Crippen LogP contribution in [0.2, 0.25) is 0 Å². The van der Waals surface area contributed by atoms with Gasteiger partial charge in [-0.3, -0.25) is 0 Å². The molecule has 0 unspecified atom stereocenters. The van der Waals surface area contributed by atoms with Gasteiger partial charge in [-0.25, -0.2) is 0 Å². The number of aliphatic hydroxyl groups excluding tert-OH is 1. The number of rotatable bonds is 1. The van der Waals surface area contributed by atoms with Gasteiger partial charge < -0.3 is 10.2 Å². The van der Waals surface area contributed by atoms with Gasteiger partial charge in [0.1, 0.15) is 0 Å². The third-order valence-electron chi connectivity index (χ3n) is 4.90. The first-order valence-corrected chi connectivity index (χ1v) is 6.60. The Morgan fingerprint density at radius 3 is 2.71 bits per heavy atom. The molecule has 2 heteroatoms. The SMILES string of the molecule is C=C(C)[C@@H]1CC[C@@H](C)[C@]2(O)C[C@@H](O)C(C)=C[C@@H]12. The van der Waals surface area contributed by atoms with Gasteiger partial charge in [0.25, 0.3) is 0 Å². The maximum Gasteiger partial charge on any atom is 0.0775 e. The van der Waals surface area contributed by atoms with Gasteiger partial charge >= 0.3 is 0 Å². The number of hydrogen-bond acceptors (Lipinski definition) is 2. The van der Waals surface area contributed by atoms with Crippen molar-refractivity contribution >= 4 is 0 Å². The van der Waals surface area contributed by atoms with Gasteiger partial charge in [-0.2, -0.15) is 0 Å². The molecule has 2 N–H and O–H groups in total. The van der Waals surface area contributed by atoms with E-state index in [4.69, 9.17) is 0 Å². The highest BCUT2D eigenvalue weighted by Crippen LogP contribution is 2.50. The lowest BCUT2D eigenvalue weighted by Gasteiger charge is -2.51. The summed E-state index contributed by atoms with van der Waals surface area (Å²) in [4.78, 5) is 0. The lowest BCUT2D eigenvalue weighted by Crippen LogP contribution is -2.54. The van der Waals surface area contributed by atoms with Crippen LogP contribution in [0.15, 0.2) is 23.8 Å². The van der Waals surface area contributed by atoms with Crippen LogP contribution in [0.4, 0.5) is 0 Å². The predicted octanol–water partition coefficient (Wildman–Crippen LogP) is 2.67. The molecule has 1 saturated carbocycles. The van der Waals surface area contributed by atoms with Crippen molar-refractivity contribution in [3.63, 3.8) is 0 Å². The molecule has 0 bridgehead atoms. The Bertz CT molecular complexity index is 358. The molecule has 0 saturated heterocycles. The van der Waals surface area contributed by atoms with Crippen LogP contribution in [0.25, 0.3) is 0 Å². The van der Waals surface area contributed by atoms with Crippen LogP contribution in [0.3, 0.4) is 0 Å². The van der Waals surface area contributed by atoms with Crippen LogP contribution in [-0.4, -0.2) is 21.9 Å². The molecule has 2 aliphatic rings. The number of allylic oxidation sites excluding steroid dienone is 1. The maximum absolute atomic E-state index is 10.9. The van der Waals surface area contributed by atoms with Crippen LogP contribution >= 0.6 is 0 Å². The van der Waals surface area contributed by atoms with E-state index < -0.39 is 11.7 Å². The second-order valence-corrected chi connectivity index (χ2v) is 6.08. The van der Waals surface area contributed by atoms with E-state index in [1.807, 2.05) is 6.92 Å². The molecule has 0 aliphatic heterocycles. The number of hydrogen-bond donors (Lipinski definition) is 2. The minimum atomic E-state index is -0.749. The first-order valence-electron chi connectivity index (χ1n) is 6.60. The molecule has 0 aromatic carbocycles. The Kier molecular flexibility index (Phi) is 3.21. The highest BCUT2D eigenvalue weighted by Gasteiger charge is 2.50. The average molecular weight is 236 g/mol. The van der Waals surface area contributed by atoms with Gasteiger partial charge in [0.05, 0.1) is 11.7 Å². The Morgan fingerprint density at radius 2 is 2.12 bits per heavy atom. The molecule has 17 heavy (non-hydrogen) atoms. The van der Waals surface area contributed by atoms with Crippen LogP contribution in [0.1, 0.15) is 40.0 Å². The zero-order chi connectivity index (χ0) is 12.8. The fourth-order valence-corrected chi connectivity index (χ4v) is 3.55. The largest absolute Gasteiger partial charge is 0.389 e. The normalized spacial score (nSPS) is 46.1. The van der Waals surface area contributed by atoms with Crippen molar-refractivity contribution in [1.82, 2.24) is 0 Å². The molecule has 0 amide bonds. The second-order valence-electron chi connectivity index (χ2n) is 6.08. The number of aliphatic hydroxyl groups is 2. The first kappa shape index (κ1) is 12.8. The summed E-state index contributed by atoms with van der Waals surface area (Å²) in [5, 5.41) is 20.9. The standard InChI is InChI=1S/C15H24O2/c1-9(2)12-6-5-11(4)15(17)8-14(16)10(3)7-13(12)15/h7,11-14,16-17H,1,5-6,8H2,2-4H3/t11-,12+,13+,14-,15-/m1/s1. The van der Waals surface area contributed by atoms with Gasteiger partial charge in [0.15, 0.2) is 0 Å². The third-order valence-corrected chi connectivity index (χ3v) is 4.90. The fourth-order valence-electron chi connectivity index (χ4n) is 3.55. The molecule has 0 aromatic rings. The smallest absolute Gasteiger partial charge is 0.0775 e. The summed E-state index contributed by atoms with van der Waals surface area (Å²) in [7, 11) is 0. The average Bonchev–Trinajstić information content (AvgIpc) is 2.23. The van der Waals surface area contributed by atoms with E-state index in [9.17, 15) is 10.2 Å². The Balaban J connectivity index is 2.40. The first-order chi connectivity index (χ1) is 7.86. The number of fused-ring (bicyclic) bond motifs is 1. The van der Waals surface area contributed by atoms with E-state index in [0.29, 0.717) is 12.3 Å². The lowest BCUT2D eigenvalue weighted by molar-refractivity contribution is -0.117. The van der Waals surface area contributed by atoms with Crippen molar-refractivity contribution in [2.45, 2.75) is 51.7 Å². The maximum atomic E-state index is 10.9. The van der Waals surface area contributed by atoms with Crippen molar-refractivity contribution in [2.75, 3.05) is 0 Å². The lowest BCUT2D eigenvalue weighted by atomic mass is 9.58. The van der Waals surface area contributed by atoms with Crippen molar-refractivity contribution in [2.24, 2.45) is 17.8 Å². The highest BCUT2D eigenvalue weighted by molar-refractivity contribution is 5.23. The topological polar surface area (TPSA) is 40.5 Å². The summed E-state index contributed by atoms with van der Waals surface area (Å²) in [5.41, 5.74) is 1.40. The molecule has 0 radical (unpaired) electrons. The fraction of sp³-hybridized carbons (Fsp3) is 0.733. The van der Waals surface area contributed by atoms with E-state index in [1.165, 1.54) is 0 Å². The van der Waals surface area contributed by atoms with E-state index in [-0.39, 0.29) is 11.8 Å². The summed E-state index contributed by atoms with van der Waals surface area (Å²) >= 11 is 0. The Labute approximate surface area is 104 Å². The van der Waals surface area contributed by atoms with Gasteiger partial charge in [0, 0.05) is 12.3 Å². The summed E-state index contributed by atoms with van der Waals surface area (Å²) in [5.74, 6) is 0.743. The third kappa shape index (κ3) is 1.98. The molecular weight excluding hydrogens is 212 g/mol. The van der Waals surface area contributed by atoms with E-state index in [0.717, 1.165) is 24.0 Å². The molecule has 0 spiro atoms. The molecule has 1 fully saturated rings. The monoisotopic (exact) mass is 236 g/mol. The van der Waals surface area contributed by atoms with Gasteiger partial charge in [-0.1, -0.05) is 25.2 Å². The van der Waals surface area contributed by atoms with Crippen LogP contribution in [0.5, 0.6) is 0 Å². The summed E-state index contributed by atoms with van der Waals surface area (Å²) < 4.78 is 0.